The molecular weight excluding hydrogens is 374 g/mol. The van der Waals surface area contributed by atoms with Crippen molar-refractivity contribution >= 4 is 23.6 Å². The van der Waals surface area contributed by atoms with E-state index in [1.165, 1.54) is 17.3 Å². The van der Waals surface area contributed by atoms with Crippen molar-refractivity contribution < 1.29 is 9.53 Å². The Morgan fingerprint density at radius 1 is 1.29 bits per heavy atom. The number of hydrogen-bond acceptors (Lipinski definition) is 6. The number of aryl methyl sites for hydroxylation is 1. The largest absolute Gasteiger partial charge is 0.378 e. The van der Waals surface area contributed by atoms with Crippen LogP contribution in [0.5, 0.6) is 0 Å². The first-order chi connectivity index (χ1) is 13.6. The van der Waals surface area contributed by atoms with Gasteiger partial charge in [-0.3, -0.25) is 9.36 Å². The van der Waals surface area contributed by atoms with Gasteiger partial charge in [0.15, 0.2) is 5.16 Å². The zero-order chi connectivity index (χ0) is 19.9. The molecule has 0 unspecified atom stereocenters. The number of morpholine rings is 1. The Hall–Kier alpha value is -2.06. The summed E-state index contributed by atoms with van der Waals surface area (Å²) >= 11 is 1.44. The van der Waals surface area contributed by atoms with E-state index in [-0.39, 0.29) is 5.91 Å². The van der Waals surface area contributed by atoms with Crippen LogP contribution in [0.15, 0.2) is 29.4 Å². The molecular formula is C20H29N5O2S. The van der Waals surface area contributed by atoms with E-state index in [4.69, 9.17) is 4.74 Å². The zero-order valence-electron chi connectivity index (χ0n) is 16.9. The van der Waals surface area contributed by atoms with E-state index in [0.717, 1.165) is 49.3 Å². The molecule has 1 saturated heterocycles. The number of unbranched alkanes of at least 4 members (excludes halogenated alkanes) is 1. The quantitative estimate of drug-likeness (QED) is 0.632. The van der Waals surface area contributed by atoms with Crippen molar-refractivity contribution in [2.45, 2.75) is 31.8 Å². The molecule has 0 radical (unpaired) electrons. The third-order valence-corrected chi connectivity index (χ3v) is 5.68. The van der Waals surface area contributed by atoms with Crippen molar-refractivity contribution in [2.24, 2.45) is 0 Å². The highest BCUT2D eigenvalue weighted by Crippen LogP contribution is 2.27. The Labute approximate surface area is 171 Å². The molecule has 2 aromatic rings. The van der Waals surface area contributed by atoms with Gasteiger partial charge in [-0.25, -0.2) is 0 Å². The van der Waals surface area contributed by atoms with Gasteiger partial charge >= 0.3 is 0 Å². The number of rotatable bonds is 8. The van der Waals surface area contributed by atoms with E-state index in [1.54, 1.807) is 4.90 Å². The maximum Gasteiger partial charge on any atom is 0.232 e. The summed E-state index contributed by atoms with van der Waals surface area (Å²) in [5.74, 6) is 1.28. The molecule has 0 aliphatic carbocycles. The minimum Gasteiger partial charge on any atom is -0.378 e. The van der Waals surface area contributed by atoms with Crippen molar-refractivity contribution in [1.82, 2.24) is 19.7 Å². The van der Waals surface area contributed by atoms with Gasteiger partial charge in [-0.2, -0.15) is 0 Å². The van der Waals surface area contributed by atoms with Crippen LogP contribution < -0.4 is 4.90 Å². The zero-order valence-corrected chi connectivity index (χ0v) is 17.7. The Kier molecular flexibility index (Phi) is 7.33. The Morgan fingerprint density at radius 2 is 2.07 bits per heavy atom. The molecule has 1 fully saturated rings. The highest BCUT2D eigenvalue weighted by molar-refractivity contribution is 7.99. The Morgan fingerprint density at radius 3 is 2.79 bits per heavy atom. The predicted octanol–water partition coefficient (Wildman–Crippen LogP) is 2.76. The van der Waals surface area contributed by atoms with Gasteiger partial charge in [0.25, 0.3) is 0 Å². The van der Waals surface area contributed by atoms with Gasteiger partial charge in [-0.15, -0.1) is 10.2 Å². The first-order valence-corrected chi connectivity index (χ1v) is 10.8. The van der Waals surface area contributed by atoms with Crippen LogP contribution in [0.4, 0.5) is 5.95 Å². The van der Waals surface area contributed by atoms with Gasteiger partial charge in [0.2, 0.25) is 11.9 Å². The molecule has 152 valence electrons. The van der Waals surface area contributed by atoms with Crippen molar-refractivity contribution in [3.05, 3.63) is 29.8 Å². The number of anilines is 1. The number of hydrogen-bond donors (Lipinski definition) is 0. The van der Waals surface area contributed by atoms with E-state index in [0.29, 0.717) is 19.0 Å². The molecule has 3 rings (SSSR count). The van der Waals surface area contributed by atoms with Gasteiger partial charge in [-0.05, 0) is 31.0 Å². The van der Waals surface area contributed by atoms with Gasteiger partial charge < -0.3 is 14.5 Å². The second-order valence-electron chi connectivity index (χ2n) is 7.01. The van der Waals surface area contributed by atoms with E-state index < -0.39 is 0 Å². The molecule has 1 aliphatic rings. The lowest BCUT2D eigenvalue weighted by Crippen LogP contribution is -2.37. The summed E-state index contributed by atoms with van der Waals surface area (Å²) in [7, 11) is 1.86. The van der Waals surface area contributed by atoms with Crippen LogP contribution in [-0.4, -0.2) is 71.2 Å². The SMILES string of the molecule is CCCCN(C)C(=O)CSc1nnc(N2CCOCC2)n1-c1cccc(C)c1. The van der Waals surface area contributed by atoms with Gasteiger partial charge in [0.1, 0.15) is 0 Å². The van der Waals surface area contributed by atoms with E-state index in [1.807, 2.05) is 13.1 Å². The van der Waals surface area contributed by atoms with Crippen LogP contribution in [0, 0.1) is 6.92 Å². The molecule has 1 amide bonds. The molecule has 1 aliphatic heterocycles. The van der Waals surface area contributed by atoms with Gasteiger partial charge in [-0.1, -0.05) is 37.2 Å². The topological polar surface area (TPSA) is 63.5 Å². The highest BCUT2D eigenvalue weighted by atomic mass is 32.2. The average Bonchev–Trinajstić information content (AvgIpc) is 3.14. The summed E-state index contributed by atoms with van der Waals surface area (Å²) in [6, 6.07) is 8.28. The number of aromatic nitrogens is 3. The number of carbonyl (C=O) groups excluding carboxylic acids is 1. The standard InChI is InChI=1S/C20H29N5O2S/c1-4-5-9-23(3)18(26)15-28-20-22-21-19(24-10-12-27-13-11-24)25(20)17-8-6-7-16(2)14-17/h6-8,14H,4-5,9-13,15H2,1-3H3. The Balaban J connectivity index is 1.82. The second kappa shape index (κ2) is 9.93. The maximum atomic E-state index is 12.5. The summed E-state index contributed by atoms with van der Waals surface area (Å²) < 4.78 is 7.53. The van der Waals surface area contributed by atoms with Crippen molar-refractivity contribution in [2.75, 3.05) is 50.5 Å². The fourth-order valence-electron chi connectivity index (χ4n) is 3.07. The number of thioether (sulfide) groups is 1. The third kappa shape index (κ3) is 5.05. The summed E-state index contributed by atoms with van der Waals surface area (Å²) in [6.45, 7) is 7.93. The molecule has 0 spiro atoms. The smallest absolute Gasteiger partial charge is 0.232 e. The number of ether oxygens (including phenoxy) is 1. The first-order valence-electron chi connectivity index (χ1n) is 9.82. The average molecular weight is 404 g/mol. The lowest BCUT2D eigenvalue weighted by molar-refractivity contribution is -0.127. The van der Waals surface area contributed by atoms with Crippen LogP contribution in [0.2, 0.25) is 0 Å². The summed E-state index contributed by atoms with van der Waals surface area (Å²) in [6.07, 6.45) is 2.10. The summed E-state index contributed by atoms with van der Waals surface area (Å²) in [4.78, 5) is 16.4. The van der Waals surface area contributed by atoms with Gasteiger partial charge in [0.05, 0.1) is 24.7 Å². The lowest BCUT2D eigenvalue weighted by Gasteiger charge is -2.28. The minimum absolute atomic E-state index is 0.116. The number of amides is 1. The van der Waals surface area contributed by atoms with Gasteiger partial charge in [0, 0.05) is 26.7 Å². The molecule has 0 saturated carbocycles. The summed E-state index contributed by atoms with van der Waals surface area (Å²) in [5.41, 5.74) is 2.19. The molecule has 0 bridgehead atoms. The van der Waals surface area contributed by atoms with Crippen LogP contribution >= 0.6 is 11.8 Å². The van der Waals surface area contributed by atoms with Crippen LogP contribution in [0.25, 0.3) is 5.69 Å². The van der Waals surface area contributed by atoms with E-state index in [9.17, 15) is 4.79 Å². The lowest BCUT2D eigenvalue weighted by atomic mass is 10.2. The molecule has 8 heteroatoms. The molecule has 0 atom stereocenters. The monoisotopic (exact) mass is 403 g/mol. The minimum atomic E-state index is 0.116. The molecule has 2 heterocycles. The first kappa shape index (κ1) is 20.7. The number of nitrogens with zero attached hydrogens (tertiary/aromatic N) is 5. The third-order valence-electron chi connectivity index (χ3n) is 4.77. The van der Waals surface area contributed by atoms with E-state index in [2.05, 4.69) is 51.7 Å². The molecule has 0 N–H and O–H groups in total. The molecule has 1 aromatic carbocycles. The fourth-order valence-corrected chi connectivity index (χ4v) is 3.96. The molecule has 1 aromatic heterocycles. The molecule has 28 heavy (non-hydrogen) atoms. The Bertz CT molecular complexity index is 789. The van der Waals surface area contributed by atoms with Crippen LogP contribution in [0.1, 0.15) is 25.3 Å². The maximum absolute atomic E-state index is 12.5. The van der Waals surface area contributed by atoms with Crippen molar-refractivity contribution in [3.63, 3.8) is 0 Å². The van der Waals surface area contributed by atoms with E-state index >= 15 is 0 Å². The van der Waals surface area contributed by atoms with Crippen LogP contribution in [-0.2, 0) is 9.53 Å². The fraction of sp³-hybridized carbons (Fsp3) is 0.550. The normalized spacial score (nSPS) is 14.3. The predicted molar refractivity (Wildman–Crippen MR) is 112 cm³/mol. The van der Waals surface area contributed by atoms with Crippen molar-refractivity contribution in [1.29, 1.82) is 0 Å². The highest BCUT2D eigenvalue weighted by Gasteiger charge is 2.22. The number of carbonyl (C=O) groups is 1. The summed E-state index contributed by atoms with van der Waals surface area (Å²) in [5, 5.41) is 9.61. The molecule has 7 nitrogen and oxygen atoms in total. The van der Waals surface area contributed by atoms with Crippen molar-refractivity contribution in [3.8, 4) is 5.69 Å². The van der Waals surface area contributed by atoms with Crippen LogP contribution in [0.3, 0.4) is 0 Å². The second-order valence-corrected chi connectivity index (χ2v) is 7.96. The number of benzene rings is 1.